The van der Waals surface area contributed by atoms with Crippen molar-refractivity contribution < 1.29 is 86.0 Å². The fourth-order valence-corrected chi connectivity index (χ4v) is 2.63. The van der Waals surface area contributed by atoms with Crippen LogP contribution in [0.25, 0.3) is 0 Å². The second-order valence-corrected chi connectivity index (χ2v) is 11.0. The lowest BCUT2D eigenvalue weighted by Gasteiger charge is -2.03. The average molecular weight is 902 g/mol. The first-order valence-electron chi connectivity index (χ1n) is 18.8. The summed E-state index contributed by atoms with van der Waals surface area (Å²) < 4.78 is 0. The molecule has 0 rings (SSSR count). The first-order chi connectivity index (χ1) is 27.3. The van der Waals surface area contributed by atoms with Gasteiger partial charge in [0.25, 0.3) is 0 Å². The Labute approximate surface area is 368 Å². The van der Waals surface area contributed by atoms with Gasteiger partial charge in [-0.3, -0.25) is 24.9 Å². The molecule has 0 aromatic rings. The normalized spacial score (nSPS) is 8.93. The van der Waals surface area contributed by atoms with Gasteiger partial charge < -0.3 is 35.7 Å². The summed E-state index contributed by atoms with van der Waals surface area (Å²) in [6, 6.07) is 0. The number of carbonyl (C=O) groups excluding carboxylic acids is 4. The molecule has 374 valence electrons. The Kier molecular flexibility index (Phi) is 176. The van der Waals surface area contributed by atoms with Crippen molar-refractivity contribution in [1.29, 1.82) is 0 Å². The topological polar surface area (TPSA) is 353 Å². The van der Waals surface area contributed by atoms with Crippen LogP contribution in [0.3, 0.4) is 0 Å². The van der Waals surface area contributed by atoms with Crippen molar-refractivity contribution >= 4 is 36.2 Å². The number of carbonyl (C=O) groups is 4. The molecule has 3 unspecified atom stereocenters. The molecular weight excluding hydrogens is 808 g/mol. The molecule has 0 amide bonds. The lowest BCUT2D eigenvalue weighted by molar-refractivity contribution is -0.193. The van der Waals surface area contributed by atoms with Crippen LogP contribution in [0.4, 0.5) is 0 Å². The molecule has 0 saturated heterocycles. The maximum atomic E-state index is 9.96. The van der Waals surface area contributed by atoms with Gasteiger partial charge in [-0.1, -0.05) is 134 Å². The minimum atomic E-state index is -1.16. The molecule has 0 aromatic heterocycles. The summed E-state index contributed by atoms with van der Waals surface area (Å²) in [6.45, 7) is 23.0. The van der Waals surface area contributed by atoms with E-state index >= 15 is 0 Å². The second-order valence-electron chi connectivity index (χ2n) is 11.0. The number of hydrogen-bond donors (Lipinski definition) is 9. The smallest absolute Gasteiger partial charge is 0.373 e. The van der Waals surface area contributed by atoms with Gasteiger partial charge in [-0.15, -0.1) is 13.2 Å². The molecule has 0 aliphatic heterocycles. The van der Waals surface area contributed by atoms with E-state index in [9.17, 15) is 19.2 Å². The zero-order valence-electron chi connectivity index (χ0n) is 36.1. The lowest BCUT2D eigenvalue weighted by atomic mass is 10.1. The van der Waals surface area contributed by atoms with Crippen LogP contribution in [0.2, 0.25) is 0 Å². The van der Waals surface area contributed by atoms with Crippen molar-refractivity contribution in [2.75, 3.05) is 0 Å². The monoisotopic (exact) mass is 902 g/mol. The standard InChI is InChI=1S/2C6H12O3.C6H12O2.C5H10O2.C5H12O.C5H10.C4H8.2CO2.3CH4.H2O2.O2.H2/c1-2-3-5(7)4-6(8)9;1-2-3-4-5(7)6(8)9;1-2-3-4-5-6(7)8;1-2-3-4-5(6)7;1-3-4-5(2)6;1-3-5-4-2;1-3-4-2;2*2-1-3;;;;2*1-2;/h2*5,7H,2-4H2,1H3,(H,8,9);2-5H2,1H3,(H,7,8);2-4H2,1H3,(H,6,7);5-6H,3-4H2,1-2H3;3H,1,4-5H2,2H3;3H,1,4H2,2H3;;;3*1H4;1-2H;;1H/i;;;;;;;;;;;;;;1+1. The van der Waals surface area contributed by atoms with Crippen molar-refractivity contribution in [2.24, 2.45) is 0 Å². The van der Waals surface area contributed by atoms with Crippen LogP contribution in [0, 0.1) is 9.93 Å². The van der Waals surface area contributed by atoms with E-state index in [4.69, 9.17) is 75.4 Å². The predicted molar refractivity (Wildman–Crippen MR) is 242 cm³/mol. The molecule has 0 heterocycles. The maximum absolute atomic E-state index is 9.96. The van der Waals surface area contributed by atoms with E-state index in [1.165, 1.54) is 6.42 Å². The van der Waals surface area contributed by atoms with E-state index in [0.717, 1.165) is 77.0 Å². The summed E-state index contributed by atoms with van der Waals surface area (Å²) in [5.41, 5.74) is 0. The Morgan fingerprint density at radius 3 is 1.07 bits per heavy atom. The quantitative estimate of drug-likeness (QED) is 0.0237. The number of aliphatic hydroxyl groups is 3. The van der Waals surface area contributed by atoms with Crippen LogP contribution < -0.4 is 0 Å². The third kappa shape index (κ3) is 244. The molecule has 0 fully saturated rings. The van der Waals surface area contributed by atoms with Crippen LogP contribution in [0.5, 0.6) is 0 Å². The molecule has 0 aliphatic carbocycles. The van der Waals surface area contributed by atoms with Gasteiger partial charge in [0, 0.05) is 24.2 Å². The fourth-order valence-electron chi connectivity index (χ4n) is 2.63. The molecule has 0 bridgehead atoms. The molecule has 0 saturated carbocycles. The van der Waals surface area contributed by atoms with Crippen molar-refractivity contribution in [3.63, 3.8) is 0 Å². The van der Waals surface area contributed by atoms with E-state index in [2.05, 4.69) is 40.9 Å². The lowest BCUT2D eigenvalue weighted by Crippen LogP contribution is -2.18. The second kappa shape index (κ2) is 111. The minimum absolute atomic E-state index is 0. The SMILES string of the molecule is C.C.C.C=CCC.C=CCCC.CCCC(C)O.CCCC(O)CC(=O)O.CCCCC(=O)O.CCCCC(O)C(=O)O.CCCCCC(=O)O.O=C=O.O=C=O.O=O.OO.[2HH]. The number of aliphatic hydroxyl groups excluding tert-OH is 3. The maximum Gasteiger partial charge on any atom is 0.373 e. The molecular formula is C42H92O19. The van der Waals surface area contributed by atoms with E-state index in [0.29, 0.717) is 25.7 Å². The van der Waals surface area contributed by atoms with Crippen molar-refractivity contribution in [2.45, 2.75) is 212 Å². The van der Waals surface area contributed by atoms with E-state index < -0.39 is 36.1 Å². The van der Waals surface area contributed by atoms with Gasteiger partial charge in [-0.05, 0) is 51.9 Å². The third-order valence-electron chi connectivity index (χ3n) is 5.37. The number of carboxylic acid groups (broad SMARTS) is 4. The summed E-state index contributed by atoms with van der Waals surface area (Å²) in [5.74, 6) is -3.43. The van der Waals surface area contributed by atoms with Crippen molar-refractivity contribution in [1.82, 2.24) is 0 Å². The Morgan fingerprint density at radius 2 is 0.902 bits per heavy atom. The van der Waals surface area contributed by atoms with E-state index in [-0.39, 0.29) is 48.5 Å². The van der Waals surface area contributed by atoms with Gasteiger partial charge in [0.2, 0.25) is 0 Å². The number of aliphatic carboxylic acids is 4. The molecule has 19 heteroatoms. The van der Waals surface area contributed by atoms with E-state index in [1.54, 1.807) is 0 Å². The number of hydrogen-bond acceptors (Lipinski definition) is 15. The molecule has 0 radical (unpaired) electrons. The highest BCUT2D eigenvalue weighted by Crippen LogP contribution is 2.00. The third-order valence-corrected chi connectivity index (χ3v) is 5.37. The summed E-state index contributed by atoms with van der Waals surface area (Å²) in [6.07, 6.45) is 16.5. The molecule has 0 aliphatic rings. The van der Waals surface area contributed by atoms with Gasteiger partial charge in [0.1, 0.15) is 0 Å². The van der Waals surface area contributed by atoms with E-state index in [1.807, 2.05) is 39.8 Å². The Balaban J connectivity index is -0.0000000308. The van der Waals surface area contributed by atoms with Crippen LogP contribution in [-0.2, 0) is 38.4 Å². The van der Waals surface area contributed by atoms with Crippen molar-refractivity contribution in [3.8, 4) is 0 Å². The molecule has 9 N–H and O–H groups in total. The van der Waals surface area contributed by atoms with Crippen molar-refractivity contribution in [3.05, 3.63) is 35.2 Å². The highest BCUT2D eigenvalue weighted by atomic mass is 17.0. The van der Waals surface area contributed by atoms with Crippen LogP contribution in [-0.4, -0.2) is 101 Å². The highest BCUT2D eigenvalue weighted by Gasteiger charge is 2.10. The molecule has 61 heavy (non-hydrogen) atoms. The Morgan fingerprint density at radius 1 is 0.557 bits per heavy atom. The zero-order chi connectivity index (χ0) is 48.6. The van der Waals surface area contributed by atoms with Gasteiger partial charge in [0.15, 0.2) is 6.10 Å². The zero-order valence-corrected chi connectivity index (χ0v) is 36.1. The van der Waals surface area contributed by atoms with Crippen LogP contribution in [0.1, 0.15) is 195 Å². The minimum Gasteiger partial charge on any atom is -0.481 e. The molecule has 0 spiro atoms. The van der Waals surface area contributed by atoms with Gasteiger partial charge >= 0.3 is 36.2 Å². The Hall–Kier alpha value is -4.48. The number of carboxylic acids is 4. The number of rotatable bonds is 20. The average Bonchev–Trinajstić information content (AvgIpc) is 3.16. The molecule has 19 nitrogen and oxygen atoms in total. The highest BCUT2D eigenvalue weighted by molar-refractivity contribution is 5.71. The molecule has 0 aromatic carbocycles. The van der Waals surface area contributed by atoms with Gasteiger partial charge in [0.05, 0.1) is 18.6 Å². The summed E-state index contributed by atoms with van der Waals surface area (Å²) in [5, 5.41) is 70.5. The summed E-state index contributed by atoms with van der Waals surface area (Å²) in [7, 11) is 0. The summed E-state index contributed by atoms with van der Waals surface area (Å²) in [4.78, 5) is 86.0. The largest absolute Gasteiger partial charge is 0.481 e. The number of allylic oxidation sites excluding steroid dienone is 2. The first-order valence-corrected chi connectivity index (χ1v) is 18.8. The Bertz CT molecular complexity index is 866. The van der Waals surface area contributed by atoms with Gasteiger partial charge in [-0.2, -0.15) is 19.2 Å². The predicted octanol–water partition coefficient (Wildman–Crippen LogP) is 9.95. The van der Waals surface area contributed by atoms with Gasteiger partial charge in [-0.25, -0.2) is 4.79 Å². The molecule has 3 atom stereocenters. The van der Waals surface area contributed by atoms with Crippen LogP contribution >= 0.6 is 0 Å². The van der Waals surface area contributed by atoms with Crippen LogP contribution in [0.15, 0.2) is 25.3 Å². The summed E-state index contributed by atoms with van der Waals surface area (Å²) >= 11 is 0. The first kappa shape index (κ1) is 96.4. The fraction of sp³-hybridized carbons (Fsp3) is 0.762. The number of unbranched alkanes of at least 4 members (excludes halogenated alkanes) is 5.